The van der Waals surface area contributed by atoms with E-state index in [2.05, 4.69) is 5.32 Å². The van der Waals surface area contributed by atoms with Gasteiger partial charge in [0.1, 0.15) is 5.76 Å². The van der Waals surface area contributed by atoms with Crippen LogP contribution in [0.1, 0.15) is 38.5 Å². The van der Waals surface area contributed by atoms with E-state index in [4.69, 9.17) is 4.99 Å². The maximum absolute atomic E-state index is 11.6. The molecule has 0 aromatic rings. The third-order valence-electron chi connectivity index (χ3n) is 5.45. The smallest absolute Gasteiger partial charge is 0.256 e. The van der Waals surface area contributed by atoms with Gasteiger partial charge in [0.2, 0.25) is 0 Å². The van der Waals surface area contributed by atoms with Crippen molar-refractivity contribution in [1.29, 1.82) is 0 Å². The van der Waals surface area contributed by atoms with Gasteiger partial charge in [0.05, 0.1) is 17.7 Å². The van der Waals surface area contributed by atoms with Crippen molar-refractivity contribution in [2.45, 2.75) is 44.1 Å². The quantitative estimate of drug-likeness (QED) is 0.746. The van der Waals surface area contributed by atoms with Gasteiger partial charge in [-0.25, -0.2) is 0 Å². The minimum absolute atomic E-state index is 0.0743. The van der Waals surface area contributed by atoms with E-state index in [0.717, 1.165) is 17.8 Å². The molecule has 0 unspecified atom stereocenters. The van der Waals surface area contributed by atoms with E-state index >= 15 is 0 Å². The van der Waals surface area contributed by atoms with Crippen LogP contribution in [0, 0.1) is 17.8 Å². The van der Waals surface area contributed by atoms with Crippen LogP contribution in [0.3, 0.4) is 0 Å². The molecule has 4 nitrogen and oxygen atoms in total. The molecule has 0 aromatic heterocycles. The minimum atomic E-state index is -0.189. The molecular weight excluding hydrogens is 240 g/mol. The van der Waals surface area contributed by atoms with Crippen LogP contribution in [0.5, 0.6) is 0 Å². The molecule has 1 aliphatic heterocycles. The average molecular weight is 260 g/mol. The summed E-state index contributed by atoms with van der Waals surface area (Å²) in [5, 5.41) is 12.3. The van der Waals surface area contributed by atoms with Crippen molar-refractivity contribution in [3.05, 3.63) is 11.3 Å². The molecule has 4 heteroatoms. The fraction of sp³-hybridized carbons (Fsp3) is 0.733. The molecule has 1 heterocycles. The highest BCUT2D eigenvalue weighted by atomic mass is 16.3. The molecule has 0 radical (unpaired) electrons. The Balaban J connectivity index is 1.60. The van der Waals surface area contributed by atoms with Crippen LogP contribution < -0.4 is 5.32 Å². The molecular formula is C15H20N2O2. The number of aliphatic hydroxyl groups excluding tert-OH is 1. The van der Waals surface area contributed by atoms with Crippen molar-refractivity contribution >= 4 is 12.1 Å². The number of hydrogen-bond donors (Lipinski definition) is 2. The van der Waals surface area contributed by atoms with Gasteiger partial charge in [0.25, 0.3) is 5.91 Å². The third kappa shape index (κ3) is 1.80. The lowest BCUT2D eigenvalue weighted by Gasteiger charge is -2.54. The Labute approximate surface area is 113 Å². The Morgan fingerprint density at radius 2 is 1.74 bits per heavy atom. The van der Waals surface area contributed by atoms with Crippen LogP contribution in [0.15, 0.2) is 16.3 Å². The summed E-state index contributed by atoms with van der Waals surface area (Å²) in [6.07, 6.45) is 9.38. The molecule has 4 aliphatic carbocycles. The van der Waals surface area contributed by atoms with Crippen molar-refractivity contribution in [2.24, 2.45) is 22.7 Å². The van der Waals surface area contributed by atoms with E-state index in [1.165, 1.54) is 38.5 Å². The second kappa shape index (κ2) is 3.84. The van der Waals surface area contributed by atoms with E-state index in [0.29, 0.717) is 5.57 Å². The maximum Gasteiger partial charge on any atom is 0.256 e. The number of carbonyl (C=O) groups excluding carboxylic acids is 1. The van der Waals surface area contributed by atoms with E-state index in [-0.39, 0.29) is 23.8 Å². The first-order valence-electron chi connectivity index (χ1n) is 7.39. The average Bonchev–Trinajstić information content (AvgIpc) is 2.65. The summed E-state index contributed by atoms with van der Waals surface area (Å²) >= 11 is 0. The van der Waals surface area contributed by atoms with Crippen LogP contribution in [0.4, 0.5) is 0 Å². The molecule has 0 aromatic carbocycles. The van der Waals surface area contributed by atoms with Crippen molar-refractivity contribution in [1.82, 2.24) is 5.32 Å². The fourth-order valence-corrected chi connectivity index (χ4v) is 5.04. The number of hydrogen-bond acceptors (Lipinski definition) is 3. The van der Waals surface area contributed by atoms with Gasteiger partial charge >= 0.3 is 0 Å². The van der Waals surface area contributed by atoms with Gasteiger partial charge < -0.3 is 10.4 Å². The van der Waals surface area contributed by atoms with Gasteiger partial charge in [-0.2, -0.15) is 0 Å². The molecule has 19 heavy (non-hydrogen) atoms. The summed E-state index contributed by atoms with van der Waals surface area (Å²) in [6.45, 7) is 0.251. The number of amides is 1. The standard InChI is InChI=1S/C15H20N2O2/c18-13-8-16-14(19)12(13)7-17-15-4-9-1-10(5-15)3-11(2-9)6-15/h7,9-11,18H,1-6,8H2,(H,16,19). The number of nitrogens with zero attached hydrogens (tertiary/aromatic N) is 1. The molecule has 4 fully saturated rings. The monoisotopic (exact) mass is 260 g/mol. The SMILES string of the molecule is O=C1NCC(O)=C1C=NC12CC3CC(CC(C3)C1)C2. The Morgan fingerprint density at radius 3 is 2.21 bits per heavy atom. The molecule has 5 rings (SSSR count). The molecule has 4 bridgehead atoms. The van der Waals surface area contributed by atoms with E-state index in [9.17, 15) is 9.90 Å². The summed E-state index contributed by atoms with van der Waals surface area (Å²) in [5.41, 5.74) is 0.445. The van der Waals surface area contributed by atoms with Gasteiger partial charge in [0, 0.05) is 6.21 Å². The second-order valence-corrected chi connectivity index (χ2v) is 6.94. The lowest BCUT2D eigenvalue weighted by Crippen LogP contribution is -2.49. The Bertz CT molecular complexity index is 457. The lowest BCUT2D eigenvalue weighted by atomic mass is 9.53. The Morgan fingerprint density at radius 1 is 1.16 bits per heavy atom. The summed E-state index contributed by atoms with van der Waals surface area (Å²) in [5.74, 6) is 2.50. The van der Waals surface area contributed by atoms with Crippen molar-refractivity contribution in [3.8, 4) is 0 Å². The number of aliphatic hydroxyl groups is 1. The van der Waals surface area contributed by atoms with Gasteiger partial charge in [-0.15, -0.1) is 0 Å². The van der Waals surface area contributed by atoms with Gasteiger partial charge in [-0.3, -0.25) is 9.79 Å². The predicted octanol–water partition coefficient (Wildman–Crippen LogP) is 1.97. The fourth-order valence-electron chi connectivity index (χ4n) is 5.04. The Hall–Kier alpha value is -1.32. The molecule has 1 amide bonds. The molecule has 0 atom stereocenters. The number of nitrogens with one attached hydrogen (secondary N) is 1. The van der Waals surface area contributed by atoms with Crippen LogP contribution in [-0.4, -0.2) is 29.3 Å². The number of rotatable bonds is 2. The zero-order valence-electron chi connectivity index (χ0n) is 11.1. The first kappa shape index (κ1) is 11.5. The summed E-state index contributed by atoms with van der Waals surface area (Å²) in [6, 6.07) is 0. The van der Waals surface area contributed by atoms with Crippen molar-refractivity contribution in [2.75, 3.05) is 6.54 Å². The first-order chi connectivity index (χ1) is 9.13. The van der Waals surface area contributed by atoms with Crippen LogP contribution in [-0.2, 0) is 4.79 Å². The first-order valence-corrected chi connectivity index (χ1v) is 7.39. The normalized spacial score (nSPS) is 44.4. The largest absolute Gasteiger partial charge is 0.510 e. The minimum Gasteiger partial charge on any atom is -0.510 e. The van der Waals surface area contributed by atoms with Crippen LogP contribution in [0.2, 0.25) is 0 Å². The highest BCUT2D eigenvalue weighted by Gasteiger charge is 2.50. The second-order valence-electron chi connectivity index (χ2n) is 6.94. The van der Waals surface area contributed by atoms with Crippen LogP contribution in [0.25, 0.3) is 0 Å². The predicted molar refractivity (Wildman–Crippen MR) is 72.1 cm³/mol. The summed E-state index contributed by atoms with van der Waals surface area (Å²) < 4.78 is 0. The third-order valence-corrected chi connectivity index (χ3v) is 5.45. The highest BCUT2D eigenvalue weighted by molar-refractivity contribution is 6.14. The number of carbonyl (C=O) groups is 1. The van der Waals surface area contributed by atoms with Crippen LogP contribution >= 0.6 is 0 Å². The lowest BCUT2D eigenvalue weighted by molar-refractivity contribution is -0.116. The van der Waals surface area contributed by atoms with Crippen molar-refractivity contribution < 1.29 is 9.90 Å². The summed E-state index contributed by atoms with van der Waals surface area (Å²) in [4.78, 5) is 16.4. The van der Waals surface area contributed by atoms with E-state index < -0.39 is 0 Å². The maximum atomic E-state index is 11.6. The molecule has 2 N–H and O–H groups in total. The molecule has 4 saturated carbocycles. The summed E-state index contributed by atoms with van der Waals surface area (Å²) in [7, 11) is 0. The molecule has 102 valence electrons. The highest BCUT2D eigenvalue weighted by Crippen LogP contribution is 2.57. The number of aliphatic imine (C=N–C) groups is 1. The van der Waals surface area contributed by atoms with Gasteiger partial charge in [0.15, 0.2) is 0 Å². The van der Waals surface area contributed by atoms with E-state index in [1.54, 1.807) is 6.21 Å². The molecule has 0 saturated heterocycles. The molecule has 5 aliphatic rings. The zero-order valence-corrected chi connectivity index (χ0v) is 11.1. The molecule has 0 spiro atoms. The van der Waals surface area contributed by atoms with Gasteiger partial charge in [-0.1, -0.05) is 0 Å². The Kier molecular flexibility index (Phi) is 2.32. The zero-order chi connectivity index (χ0) is 13.0. The van der Waals surface area contributed by atoms with E-state index in [1.807, 2.05) is 0 Å². The topological polar surface area (TPSA) is 61.7 Å². The van der Waals surface area contributed by atoms with Gasteiger partial charge in [-0.05, 0) is 56.3 Å². The van der Waals surface area contributed by atoms with Crippen molar-refractivity contribution in [3.63, 3.8) is 0 Å².